The van der Waals surface area contributed by atoms with E-state index in [1.165, 1.54) is 5.56 Å². The molecule has 1 unspecified atom stereocenters. The molecule has 1 spiro atoms. The van der Waals surface area contributed by atoms with Crippen molar-refractivity contribution in [3.8, 4) is 6.01 Å². The Morgan fingerprint density at radius 3 is 2.96 bits per heavy atom. The first-order valence-corrected chi connectivity index (χ1v) is 17.0. The first-order chi connectivity index (χ1) is 22.6. The third-order valence-electron chi connectivity index (χ3n) is 11.1. The topological polar surface area (TPSA) is 115 Å². The minimum absolute atomic E-state index is 0.125. The van der Waals surface area contributed by atoms with Crippen molar-refractivity contribution in [2.45, 2.75) is 94.8 Å². The van der Waals surface area contributed by atoms with Gasteiger partial charge in [0.25, 0.3) is 5.91 Å². The van der Waals surface area contributed by atoms with E-state index in [9.17, 15) is 9.18 Å². The van der Waals surface area contributed by atoms with Gasteiger partial charge < -0.3 is 20.1 Å². The van der Waals surface area contributed by atoms with Crippen LogP contribution in [-0.2, 0) is 36.5 Å². The summed E-state index contributed by atoms with van der Waals surface area (Å²) in [5.41, 5.74) is 11.8. The summed E-state index contributed by atoms with van der Waals surface area (Å²) in [6, 6.07) is 8.38. The quantitative estimate of drug-likeness (QED) is 0.327. The van der Waals surface area contributed by atoms with Crippen molar-refractivity contribution in [3.63, 3.8) is 0 Å². The van der Waals surface area contributed by atoms with Crippen LogP contribution in [0.25, 0.3) is 0 Å². The smallest absolute Gasteiger partial charge is 0.434 e. The lowest BCUT2D eigenvalue weighted by molar-refractivity contribution is -0.459. The molecule has 6 heterocycles. The highest BCUT2D eigenvalue weighted by molar-refractivity contribution is 5.92. The van der Waals surface area contributed by atoms with Crippen molar-refractivity contribution in [1.82, 2.24) is 29.5 Å². The lowest BCUT2D eigenvalue weighted by Gasteiger charge is -2.43. The number of amides is 1. The third-order valence-corrected chi connectivity index (χ3v) is 11.1. The van der Waals surface area contributed by atoms with Crippen molar-refractivity contribution < 1.29 is 23.2 Å². The van der Waals surface area contributed by atoms with E-state index in [0.29, 0.717) is 69.7 Å². The fourth-order valence-corrected chi connectivity index (χ4v) is 8.59. The number of alkyl halides is 1. The van der Waals surface area contributed by atoms with Crippen molar-refractivity contribution >= 4 is 23.6 Å². The number of hydrogen-bond donors (Lipinski definition) is 1. The molecule has 5 aliphatic rings. The van der Waals surface area contributed by atoms with E-state index in [0.717, 1.165) is 66.2 Å². The number of anilines is 1. The summed E-state index contributed by atoms with van der Waals surface area (Å²) in [4.78, 5) is 26.6. The maximum absolute atomic E-state index is 14.6. The Balaban J connectivity index is 1.18. The number of halogens is 1. The number of nitrogens with two attached hydrogens (primary N) is 1. The van der Waals surface area contributed by atoms with Gasteiger partial charge in [-0.05, 0) is 67.5 Å². The Morgan fingerprint density at radius 1 is 1.23 bits per heavy atom. The number of nitrogens with zero attached hydrogens (tertiary/aromatic N) is 7. The number of aromatic nitrogens is 4. The van der Waals surface area contributed by atoms with E-state index < -0.39 is 11.8 Å². The van der Waals surface area contributed by atoms with E-state index >= 15 is 0 Å². The number of benzene rings is 1. The van der Waals surface area contributed by atoms with Crippen molar-refractivity contribution in [2.75, 3.05) is 39.5 Å². The van der Waals surface area contributed by atoms with Gasteiger partial charge in [0, 0.05) is 57.1 Å². The third kappa shape index (κ3) is 5.20. The zero-order chi connectivity index (χ0) is 32.5. The minimum atomic E-state index is -0.835. The van der Waals surface area contributed by atoms with Gasteiger partial charge in [0.1, 0.15) is 19.3 Å². The summed E-state index contributed by atoms with van der Waals surface area (Å²) < 4.78 is 32.0. The lowest BCUT2D eigenvalue weighted by Crippen LogP contribution is -2.44. The van der Waals surface area contributed by atoms with E-state index in [-0.39, 0.29) is 11.4 Å². The summed E-state index contributed by atoms with van der Waals surface area (Å²) in [6.07, 6.45) is 6.91. The standard InChI is InChI=1S/C35H44FN8O3/c1-22-8-10-35(28-14-24(37)6-7-26(22)28)17-30-27(20-47-35)31(39-33(38-30)46-21-34-9-4-12-43(34)18-23(36)16-34)42-11-5-13-44-25(19-42)15-29(40-44)32(45)41(2)3/h6-7,11,14-15,22-23H,4-5,8-10,12-13,16-21,37H2,1-3H3/q+1/t22-,23-,34+,35?/m1/s1. The van der Waals surface area contributed by atoms with Gasteiger partial charge in [-0.2, -0.15) is 10.1 Å². The van der Waals surface area contributed by atoms with Crippen LogP contribution in [0.15, 0.2) is 24.3 Å². The van der Waals surface area contributed by atoms with E-state index in [1.54, 1.807) is 19.0 Å². The minimum Gasteiger partial charge on any atom is -0.443 e. The molecule has 1 amide bonds. The van der Waals surface area contributed by atoms with Gasteiger partial charge in [-0.15, -0.1) is 0 Å². The number of nitrogen functional groups attached to an aromatic ring is 1. The molecule has 2 saturated heterocycles. The van der Waals surface area contributed by atoms with Gasteiger partial charge in [-0.1, -0.05) is 13.0 Å². The highest BCUT2D eigenvalue weighted by Crippen LogP contribution is 2.49. The Bertz CT molecular complexity index is 1770. The zero-order valence-electron chi connectivity index (χ0n) is 27.5. The zero-order valence-corrected chi connectivity index (χ0v) is 27.5. The first-order valence-electron chi connectivity index (χ1n) is 17.0. The Morgan fingerprint density at radius 2 is 2.11 bits per heavy atom. The van der Waals surface area contributed by atoms with Crippen LogP contribution in [0, 0.1) is 0 Å². The first kappa shape index (κ1) is 30.4. The number of fused-ring (bicyclic) bond motifs is 5. The maximum Gasteiger partial charge on any atom is 0.434 e. The van der Waals surface area contributed by atoms with Crippen molar-refractivity contribution in [2.24, 2.45) is 0 Å². The van der Waals surface area contributed by atoms with E-state index in [4.69, 9.17) is 25.2 Å². The molecule has 11 nitrogen and oxygen atoms in total. The Labute approximate surface area is 274 Å². The number of rotatable bonds is 5. The second-order valence-corrected chi connectivity index (χ2v) is 14.4. The van der Waals surface area contributed by atoms with Crippen LogP contribution in [0.3, 0.4) is 0 Å². The van der Waals surface area contributed by atoms with Gasteiger partial charge >= 0.3 is 11.8 Å². The van der Waals surface area contributed by atoms with Gasteiger partial charge in [-0.3, -0.25) is 14.4 Å². The number of carbonyl (C=O) groups excluding carboxylic acids is 1. The highest BCUT2D eigenvalue weighted by atomic mass is 19.1. The molecular formula is C35H44FN8O3+. The monoisotopic (exact) mass is 643 g/mol. The fourth-order valence-electron chi connectivity index (χ4n) is 8.59. The normalized spacial score (nSPS) is 28.2. The molecule has 0 radical (unpaired) electrons. The maximum atomic E-state index is 14.6. The fraction of sp³-hybridized carbons (Fsp3) is 0.571. The van der Waals surface area contributed by atoms with Crippen LogP contribution in [0.2, 0.25) is 0 Å². The summed E-state index contributed by atoms with van der Waals surface area (Å²) in [5.74, 6) is 1.03. The molecule has 0 bridgehead atoms. The second-order valence-electron chi connectivity index (χ2n) is 14.4. The summed E-state index contributed by atoms with van der Waals surface area (Å²) >= 11 is 0. The van der Waals surface area contributed by atoms with Gasteiger partial charge in [0.05, 0.1) is 40.9 Å². The predicted octanol–water partition coefficient (Wildman–Crippen LogP) is 4.10. The molecule has 2 fully saturated rings. The molecule has 2 aromatic heterocycles. The largest absolute Gasteiger partial charge is 0.443 e. The lowest BCUT2D eigenvalue weighted by atomic mass is 9.71. The summed E-state index contributed by atoms with van der Waals surface area (Å²) in [5, 5.41) is 4.62. The summed E-state index contributed by atoms with van der Waals surface area (Å²) in [7, 11) is 3.47. The van der Waals surface area contributed by atoms with Gasteiger partial charge in [0.2, 0.25) is 0 Å². The van der Waals surface area contributed by atoms with Crippen LogP contribution >= 0.6 is 0 Å². The van der Waals surface area contributed by atoms with Crippen LogP contribution in [-0.4, -0.2) is 91.7 Å². The molecule has 4 aliphatic heterocycles. The van der Waals surface area contributed by atoms with E-state index in [1.807, 2.05) is 16.8 Å². The molecular weight excluding hydrogens is 599 g/mol. The van der Waals surface area contributed by atoms with Crippen LogP contribution in [0.5, 0.6) is 6.01 Å². The molecule has 0 saturated carbocycles. The SMILES string of the molecule is C[C@@H]1CCC2(Cc3nc(OC[C@@]45CCCN4C[C@H](F)C5)nc([N+]4=CCCn5nc(C(=O)N(C)C)cc5C4)c3CO2)c2cc(N)ccc21. The molecule has 3 aromatic rings. The second kappa shape index (κ2) is 11.4. The Hall–Kier alpha value is -3.90. The van der Waals surface area contributed by atoms with Crippen LogP contribution < -0.4 is 10.5 Å². The number of ether oxygens (including phenoxy) is 2. The molecule has 1 aliphatic carbocycles. The molecule has 2 N–H and O–H groups in total. The molecule has 4 atom stereocenters. The van der Waals surface area contributed by atoms with Crippen LogP contribution in [0.1, 0.15) is 89.9 Å². The molecule has 248 valence electrons. The molecule has 47 heavy (non-hydrogen) atoms. The Kier molecular flexibility index (Phi) is 7.36. The molecule has 1 aromatic carbocycles. The number of hydrogen-bond acceptors (Lipinski definition) is 8. The average molecular weight is 644 g/mol. The predicted molar refractivity (Wildman–Crippen MR) is 174 cm³/mol. The molecule has 12 heteroatoms. The van der Waals surface area contributed by atoms with E-state index in [2.05, 4.69) is 39.8 Å². The average Bonchev–Trinajstić information content (AvgIpc) is 3.68. The number of aryl methyl sites for hydroxylation is 1. The van der Waals surface area contributed by atoms with Crippen LogP contribution in [0.4, 0.5) is 15.9 Å². The molecule has 8 rings (SSSR count). The highest BCUT2D eigenvalue weighted by Gasteiger charge is 2.50. The van der Waals surface area contributed by atoms with Crippen molar-refractivity contribution in [3.05, 3.63) is 58.0 Å². The van der Waals surface area contributed by atoms with Crippen molar-refractivity contribution in [1.29, 1.82) is 0 Å². The van der Waals surface area contributed by atoms with Gasteiger partial charge in [-0.25, -0.2) is 8.97 Å². The summed E-state index contributed by atoms with van der Waals surface area (Å²) in [6.45, 7) is 5.48. The van der Waals surface area contributed by atoms with Gasteiger partial charge in [0.15, 0.2) is 5.69 Å². The number of carbonyl (C=O) groups is 1.